The maximum absolute atomic E-state index is 12.1. The molecule has 1 heterocycles. The van der Waals surface area contributed by atoms with E-state index in [0.29, 0.717) is 10.2 Å². The van der Waals surface area contributed by atoms with E-state index in [9.17, 15) is 13.2 Å². The molecule has 0 aliphatic rings. The van der Waals surface area contributed by atoms with E-state index >= 15 is 0 Å². The number of aromatic nitrogens is 1. The predicted molar refractivity (Wildman–Crippen MR) is 49.5 cm³/mol. The molecule has 0 saturated carbocycles. The number of alkyl halides is 3. The Kier molecular flexibility index (Phi) is 3.56. The molecule has 1 N–H and O–H groups in total. The van der Waals surface area contributed by atoms with Crippen molar-refractivity contribution >= 4 is 15.9 Å². The van der Waals surface area contributed by atoms with Crippen LogP contribution in [-0.2, 0) is 0 Å². The molecule has 0 saturated heterocycles. The van der Waals surface area contributed by atoms with Gasteiger partial charge in [-0.05, 0) is 22.0 Å². The van der Waals surface area contributed by atoms with Crippen LogP contribution in [0.5, 0.6) is 5.75 Å². The van der Waals surface area contributed by atoms with E-state index < -0.39 is 18.0 Å². The van der Waals surface area contributed by atoms with Gasteiger partial charge in [0.2, 0.25) is 0 Å². The van der Waals surface area contributed by atoms with E-state index in [-0.39, 0.29) is 0 Å². The molecule has 0 aliphatic heterocycles. The molecule has 1 rings (SSSR count). The Labute approximate surface area is 92.0 Å². The number of aliphatic hydroxyl groups is 1. The fourth-order valence-electron chi connectivity index (χ4n) is 0.900. The van der Waals surface area contributed by atoms with Crippen molar-refractivity contribution in [1.29, 1.82) is 0 Å². The summed E-state index contributed by atoms with van der Waals surface area (Å²) < 4.78 is 41.4. The van der Waals surface area contributed by atoms with Gasteiger partial charge in [0.15, 0.2) is 11.9 Å². The van der Waals surface area contributed by atoms with Gasteiger partial charge in [-0.15, -0.1) is 0 Å². The van der Waals surface area contributed by atoms with E-state index in [4.69, 9.17) is 9.84 Å². The van der Waals surface area contributed by atoms with Crippen LogP contribution in [0.4, 0.5) is 13.2 Å². The number of aliphatic hydroxyl groups excluding tert-OH is 1. The molecule has 0 radical (unpaired) electrons. The highest BCUT2D eigenvalue weighted by atomic mass is 79.9. The first-order chi connectivity index (χ1) is 6.86. The first-order valence-electron chi connectivity index (χ1n) is 3.80. The van der Waals surface area contributed by atoms with E-state index in [0.717, 1.165) is 12.3 Å². The normalized spacial score (nSPS) is 13.7. The summed E-state index contributed by atoms with van der Waals surface area (Å²) in [5, 5.41) is 8.90. The largest absolute Gasteiger partial charge is 0.494 e. The van der Waals surface area contributed by atoms with Gasteiger partial charge in [0.1, 0.15) is 0 Å². The van der Waals surface area contributed by atoms with Crippen molar-refractivity contribution in [3.8, 4) is 5.75 Å². The molecule has 0 bridgehead atoms. The van der Waals surface area contributed by atoms with Crippen molar-refractivity contribution in [2.24, 2.45) is 0 Å². The van der Waals surface area contributed by atoms with Gasteiger partial charge >= 0.3 is 6.18 Å². The van der Waals surface area contributed by atoms with Gasteiger partial charge in [-0.2, -0.15) is 13.2 Å². The number of hydrogen-bond acceptors (Lipinski definition) is 3. The molecule has 1 unspecified atom stereocenters. The highest BCUT2D eigenvalue weighted by Crippen LogP contribution is 2.34. The van der Waals surface area contributed by atoms with Gasteiger partial charge in [0.05, 0.1) is 23.5 Å². The van der Waals surface area contributed by atoms with Crippen molar-refractivity contribution in [3.63, 3.8) is 0 Å². The summed E-state index contributed by atoms with van der Waals surface area (Å²) in [6.45, 7) is 0. The Morgan fingerprint density at radius 3 is 2.53 bits per heavy atom. The predicted octanol–water partition coefficient (Wildman–Crippen LogP) is 2.45. The van der Waals surface area contributed by atoms with E-state index in [1.54, 1.807) is 0 Å². The Hall–Kier alpha value is -0.820. The smallest absolute Gasteiger partial charge is 0.420 e. The fourth-order valence-corrected chi connectivity index (χ4v) is 1.40. The van der Waals surface area contributed by atoms with Crippen LogP contribution in [0.15, 0.2) is 16.7 Å². The third-order valence-corrected chi connectivity index (χ3v) is 2.27. The van der Waals surface area contributed by atoms with E-state index in [2.05, 4.69) is 20.9 Å². The van der Waals surface area contributed by atoms with Gasteiger partial charge in [-0.3, -0.25) is 4.98 Å². The minimum Gasteiger partial charge on any atom is -0.494 e. The maximum atomic E-state index is 12.1. The minimum absolute atomic E-state index is 0.299. The zero-order valence-corrected chi connectivity index (χ0v) is 9.13. The number of ether oxygens (including phenoxy) is 1. The van der Waals surface area contributed by atoms with Gasteiger partial charge in [0, 0.05) is 0 Å². The number of nitrogens with zero attached hydrogens (tertiary/aromatic N) is 1. The Morgan fingerprint density at radius 1 is 1.53 bits per heavy atom. The van der Waals surface area contributed by atoms with Gasteiger partial charge in [-0.25, -0.2) is 0 Å². The molecule has 0 aromatic carbocycles. The molecule has 7 heteroatoms. The van der Waals surface area contributed by atoms with Crippen LogP contribution < -0.4 is 4.74 Å². The fraction of sp³-hybridized carbons (Fsp3) is 0.375. The Bertz CT molecular complexity index is 356. The third-order valence-electron chi connectivity index (χ3n) is 1.65. The van der Waals surface area contributed by atoms with Gasteiger partial charge in [0.25, 0.3) is 0 Å². The Balaban J connectivity index is 3.02. The highest BCUT2D eigenvalue weighted by molar-refractivity contribution is 9.10. The average molecular weight is 286 g/mol. The Morgan fingerprint density at radius 2 is 2.13 bits per heavy atom. The molecule has 3 nitrogen and oxygen atoms in total. The maximum Gasteiger partial charge on any atom is 0.420 e. The van der Waals surface area contributed by atoms with Crippen molar-refractivity contribution < 1.29 is 23.0 Å². The van der Waals surface area contributed by atoms with Crippen LogP contribution in [-0.4, -0.2) is 23.4 Å². The molecule has 0 spiro atoms. The summed E-state index contributed by atoms with van der Waals surface area (Å²) in [5.74, 6) is 0.299. The highest BCUT2D eigenvalue weighted by Gasteiger charge is 2.40. The van der Waals surface area contributed by atoms with Crippen LogP contribution in [0.2, 0.25) is 0 Å². The monoisotopic (exact) mass is 285 g/mol. The molecule has 0 fully saturated rings. The molecule has 1 aromatic heterocycles. The minimum atomic E-state index is -4.72. The first kappa shape index (κ1) is 12.3. The summed E-state index contributed by atoms with van der Waals surface area (Å²) in [7, 11) is 1.36. The summed E-state index contributed by atoms with van der Waals surface area (Å²) in [6.07, 6.45) is -6.20. The molecule has 1 aromatic rings. The number of methoxy groups -OCH3 is 1. The number of halogens is 4. The van der Waals surface area contributed by atoms with E-state index in [1.165, 1.54) is 7.11 Å². The number of rotatable bonds is 2. The summed E-state index contributed by atoms with van der Waals surface area (Å²) in [4.78, 5) is 3.45. The second-order valence-corrected chi connectivity index (χ2v) is 3.54. The molecule has 1 atom stereocenters. The topological polar surface area (TPSA) is 42.4 Å². The van der Waals surface area contributed by atoms with Crippen molar-refractivity contribution in [3.05, 3.63) is 22.4 Å². The second-order valence-electron chi connectivity index (χ2n) is 2.69. The zero-order valence-electron chi connectivity index (χ0n) is 7.55. The molecule has 84 valence electrons. The lowest BCUT2D eigenvalue weighted by atomic mass is 10.2. The van der Waals surface area contributed by atoms with Crippen LogP contribution in [0.3, 0.4) is 0 Å². The molecule has 15 heavy (non-hydrogen) atoms. The van der Waals surface area contributed by atoms with Crippen molar-refractivity contribution in [1.82, 2.24) is 4.98 Å². The number of pyridine rings is 1. The summed E-state index contributed by atoms with van der Waals surface area (Å²) >= 11 is 3.00. The lowest BCUT2D eigenvalue weighted by molar-refractivity contribution is -0.208. The van der Waals surface area contributed by atoms with Crippen LogP contribution in [0.1, 0.15) is 11.8 Å². The second kappa shape index (κ2) is 4.36. The van der Waals surface area contributed by atoms with Crippen LogP contribution in [0, 0.1) is 0 Å². The lowest BCUT2D eigenvalue weighted by Crippen LogP contribution is -2.21. The van der Waals surface area contributed by atoms with Crippen LogP contribution in [0.25, 0.3) is 0 Å². The zero-order chi connectivity index (χ0) is 11.6. The molecular formula is C8H7BrF3NO2. The van der Waals surface area contributed by atoms with Gasteiger partial charge in [-0.1, -0.05) is 0 Å². The summed E-state index contributed by atoms with van der Waals surface area (Å²) in [5.41, 5.74) is -0.477. The molecular weight excluding hydrogens is 279 g/mol. The molecule has 0 amide bonds. The van der Waals surface area contributed by atoms with Crippen molar-refractivity contribution in [2.45, 2.75) is 12.3 Å². The third kappa shape index (κ3) is 2.82. The first-order valence-corrected chi connectivity index (χ1v) is 4.59. The lowest BCUT2D eigenvalue weighted by Gasteiger charge is -2.14. The van der Waals surface area contributed by atoms with Gasteiger partial charge < -0.3 is 9.84 Å². The van der Waals surface area contributed by atoms with E-state index in [1.807, 2.05) is 0 Å². The van der Waals surface area contributed by atoms with Crippen molar-refractivity contribution in [2.75, 3.05) is 7.11 Å². The molecule has 0 aliphatic carbocycles. The average Bonchev–Trinajstić information content (AvgIpc) is 2.15. The SMILES string of the molecule is COc1cnc(C(O)C(F)(F)F)cc1Br. The standard InChI is InChI=1S/C8H7BrF3NO2/c1-15-6-3-13-5(2-4(6)9)7(14)8(10,11)12/h2-3,7,14H,1H3. The van der Waals surface area contributed by atoms with Crippen LogP contribution >= 0.6 is 15.9 Å². The summed E-state index contributed by atoms with van der Waals surface area (Å²) in [6, 6.07) is 1.07. The quantitative estimate of drug-likeness (QED) is 0.908. The number of hydrogen-bond donors (Lipinski definition) is 1.